The zero-order valence-corrected chi connectivity index (χ0v) is 12.6. The number of carboxylic acid groups (broad SMARTS) is 1. The molecule has 0 aromatic carbocycles. The van der Waals surface area contributed by atoms with Crippen molar-refractivity contribution in [2.45, 2.75) is 38.6 Å². The first-order valence-electron chi connectivity index (χ1n) is 7.01. The van der Waals surface area contributed by atoms with E-state index in [-0.39, 0.29) is 0 Å². The Kier molecular flexibility index (Phi) is 3.88. The van der Waals surface area contributed by atoms with E-state index in [0.717, 1.165) is 34.1 Å². The number of rotatable bonds is 4. The zero-order chi connectivity index (χ0) is 14.8. The molecule has 0 spiro atoms. The van der Waals surface area contributed by atoms with Crippen LogP contribution in [0, 0.1) is 6.92 Å². The normalized spacial score (nSPS) is 17.3. The molecular weight excluding hydrogens is 286 g/mol. The topological polar surface area (TPSA) is 75.1 Å². The van der Waals surface area contributed by atoms with Crippen LogP contribution in [-0.2, 0) is 17.8 Å². The maximum absolute atomic E-state index is 11.3. The monoisotopic (exact) mass is 303 g/mol. The zero-order valence-electron chi connectivity index (χ0n) is 11.8. The number of anilines is 1. The van der Waals surface area contributed by atoms with Crippen LogP contribution in [0.3, 0.4) is 0 Å². The quantitative estimate of drug-likeness (QED) is 0.908. The maximum atomic E-state index is 11.3. The van der Waals surface area contributed by atoms with E-state index < -0.39 is 11.9 Å². The number of nitrogens with one attached hydrogen (secondary N) is 1. The first-order chi connectivity index (χ1) is 10.1. The smallest absolute Gasteiger partial charge is 0.312 e. The lowest BCUT2D eigenvalue weighted by atomic mass is 9.91. The molecule has 3 rings (SSSR count). The molecule has 2 aromatic heterocycles. The average molecular weight is 303 g/mol. The highest BCUT2D eigenvalue weighted by atomic mass is 32.1. The Morgan fingerprint density at radius 3 is 3.19 bits per heavy atom. The number of thiazole rings is 1. The van der Waals surface area contributed by atoms with Crippen LogP contribution in [0.2, 0.25) is 0 Å². The Balaban J connectivity index is 1.76. The van der Waals surface area contributed by atoms with Crippen LogP contribution in [0.25, 0.3) is 0 Å². The van der Waals surface area contributed by atoms with Crippen molar-refractivity contribution in [3.05, 3.63) is 40.2 Å². The van der Waals surface area contributed by atoms with E-state index in [2.05, 4.69) is 15.3 Å². The van der Waals surface area contributed by atoms with Crippen molar-refractivity contribution in [3.8, 4) is 0 Å². The van der Waals surface area contributed by atoms with E-state index in [9.17, 15) is 9.90 Å². The summed E-state index contributed by atoms with van der Waals surface area (Å²) in [5, 5.41) is 13.4. The Morgan fingerprint density at radius 2 is 2.43 bits per heavy atom. The second kappa shape index (κ2) is 5.81. The lowest BCUT2D eigenvalue weighted by Crippen LogP contribution is -2.17. The van der Waals surface area contributed by atoms with Crippen molar-refractivity contribution in [2.75, 3.05) is 5.32 Å². The molecule has 2 aromatic rings. The lowest BCUT2D eigenvalue weighted by molar-refractivity contribution is -0.139. The van der Waals surface area contributed by atoms with Gasteiger partial charge in [-0.25, -0.2) is 4.98 Å². The highest BCUT2D eigenvalue weighted by molar-refractivity contribution is 7.15. The number of hydrogen-bond acceptors (Lipinski definition) is 5. The van der Waals surface area contributed by atoms with Crippen LogP contribution in [0.4, 0.5) is 5.13 Å². The standard InChI is InChI=1S/C15H17N3O2S/c1-9-5-6-16-7-10(9)8-17-15-18-13-11(14(19)20)3-2-4-12(13)21-15/h5-7,11H,2-4,8H2,1H3,(H,17,18)(H,19,20). The van der Waals surface area contributed by atoms with Gasteiger partial charge in [-0.3, -0.25) is 9.78 Å². The molecule has 21 heavy (non-hydrogen) atoms. The molecule has 0 amide bonds. The summed E-state index contributed by atoms with van der Waals surface area (Å²) in [5.41, 5.74) is 3.06. The van der Waals surface area contributed by atoms with Crippen molar-refractivity contribution in [1.82, 2.24) is 9.97 Å². The Bertz CT molecular complexity index is 669. The summed E-state index contributed by atoms with van der Waals surface area (Å²) in [6.07, 6.45) is 6.17. The molecule has 1 unspecified atom stereocenters. The van der Waals surface area contributed by atoms with Gasteiger partial charge in [0.25, 0.3) is 0 Å². The van der Waals surface area contributed by atoms with Crippen LogP contribution in [0.15, 0.2) is 18.5 Å². The molecular formula is C15H17N3O2S. The van der Waals surface area contributed by atoms with E-state index in [1.54, 1.807) is 17.5 Å². The predicted octanol–water partition coefficient (Wildman–Crippen LogP) is 2.96. The van der Waals surface area contributed by atoms with Crippen LogP contribution < -0.4 is 5.32 Å². The van der Waals surface area contributed by atoms with E-state index in [1.807, 2.05) is 19.2 Å². The van der Waals surface area contributed by atoms with Gasteiger partial charge < -0.3 is 10.4 Å². The fraction of sp³-hybridized carbons (Fsp3) is 0.400. The van der Waals surface area contributed by atoms with Crippen molar-refractivity contribution in [2.24, 2.45) is 0 Å². The molecule has 1 atom stereocenters. The van der Waals surface area contributed by atoms with Gasteiger partial charge in [-0.15, -0.1) is 11.3 Å². The molecule has 5 nitrogen and oxygen atoms in total. The van der Waals surface area contributed by atoms with Gasteiger partial charge in [0, 0.05) is 23.8 Å². The second-order valence-electron chi connectivity index (χ2n) is 5.27. The number of aliphatic carboxylic acids is 1. The van der Waals surface area contributed by atoms with Gasteiger partial charge in [0.05, 0.1) is 5.69 Å². The minimum atomic E-state index is -0.768. The largest absolute Gasteiger partial charge is 0.481 e. The van der Waals surface area contributed by atoms with Gasteiger partial charge in [0.1, 0.15) is 5.92 Å². The summed E-state index contributed by atoms with van der Waals surface area (Å²) in [5.74, 6) is -1.21. The third-order valence-corrected chi connectivity index (χ3v) is 4.92. The van der Waals surface area contributed by atoms with Gasteiger partial charge in [-0.1, -0.05) is 0 Å². The van der Waals surface area contributed by atoms with Gasteiger partial charge in [0.15, 0.2) is 5.13 Å². The fourth-order valence-corrected chi connectivity index (χ4v) is 3.65. The summed E-state index contributed by atoms with van der Waals surface area (Å²) in [6.45, 7) is 2.70. The molecule has 0 bridgehead atoms. The Labute approximate surface area is 127 Å². The lowest BCUT2D eigenvalue weighted by Gasteiger charge is -2.16. The fourth-order valence-electron chi connectivity index (χ4n) is 2.59. The Hall–Kier alpha value is -1.95. The predicted molar refractivity (Wildman–Crippen MR) is 81.7 cm³/mol. The molecule has 0 radical (unpaired) electrons. The third-order valence-electron chi connectivity index (χ3n) is 3.83. The molecule has 0 fully saturated rings. The van der Waals surface area contributed by atoms with Crippen molar-refractivity contribution < 1.29 is 9.90 Å². The highest BCUT2D eigenvalue weighted by Crippen LogP contribution is 2.36. The van der Waals surface area contributed by atoms with E-state index in [4.69, 9.17) is 0 Å². The van der Waals surface area contributed by atoms with Crippen LogP contribution in [0.1, 0.15) is 40.5 Å². The highest BCUT2D eigenvalue weighted by Gasteiger charge is 2.29. The number of pyridine rings is 1. The number of aryl methyl sites for hydroxylation is 2. The van der Waals surface area contributed by atoms with Crippen LogP contribution in [-0.4, -0.2) is 21.0 Å². The molecule has 0 saturated carbocycles. The molecule has 1 aliphatic carbocycles. The molecule has 110 valence electrons. The molecule has 0 aliphatic heterocycles. The maximum Gasteiger partial charge on any atom is 0.312 e. The summed E-state index contributed by atoms with van der Waals surface area (Å²) in [6, 6.07) is 1.98. The van der Waals surface area contributed by atoms with E-state index >= 15 is 0 Å². The molecule has 2 heterocycles. The number of nitrogens with zero attached hydrogens (tertiary/aromatic N) is 2. The van der Waals surface area contributed by atoms with Gasteiger partial charge >= 0.3 is 5.97 Å². The summed E-state index contributed by atoms with van der Waals surface area (Å²) in [7, 11) is 0. The van der Waals surface area contributed by atoms with Crippen molar-refractivity contribution in [1.29, 1.82) is 0 Å². The minimum absolute atomic E-state index is 0.444. The van der Waals surface area contributed by atoms with Crippen molar-refractivity contribution >= 4 is 22.4 Å². The van der Waals surface area contributed by atoms with Gasteiger partial charge in [-0.2, -0.15) is 0 Å². The summed E-state index contributed by atoms with van der Waals surface area (Å²) < 4.78 is 0. The summed E-state index contributed by atoms with van der Waals surface area (Å²) >= 11 is 1.58. The number of fused-ring (bicyclic) bond motifs is 1. The number of aromatic nitrogens is 2. The molecule has 1 aliphatic rings. The third kappa shape index (κ3) is 2.90. The number of carbonyl (C=O) groups is 1. The molecule has 2 N–H and O–H groups in total. The van der Waals surface area contributed by atoms with Crippen molar-refractivity contribution in [3.63, 3.8) is 0 Å². The van der Waals surface area contributed by atoms with Gasteiger partial charge in [-0.05, 0) is 43.4 Å². The first-order valence-corrected chi connectivity index (χ1v) is 7.82. The van der Waals surface area contributed by atoms with E-state index in [0.29, 0.717) is 13.0 Å². The first kappa shape index (κ1) is 14.0. The number of carboxylic acids is 1. The average Bonchev–Trinajstić information content (AvgIpc) is 2.88. The van der Waals surface area contributed by atoms with Crippen LogP contribution >= 0.6 is 11.3 Å². The molecule has 0 saturated heterocycles. The number of hydrogen-bond donors (Lipinski definition) is 2. The summed E-state index contributed by atoms with van der Waals surface area (Å²) in [4.78, 5) is 21.0. The SMILES string of the molecule is Cc1ccncc1CNc1nc2c(s1)CCCC2C(=O)O. The molecule has 6 heteroatoms. The second-order valence-corrected chi connectivity index (χ2v) is 6.35. The van der Waals surface area contributed by atoms with Gasteiger partial charge in [0.2, 0.25) is 0 Å². The minimum Gasteiger partial charge on any atom is -0.481 e. The van der Waals surface area contributed by atoms with E-state index in [1.165, 1.54) is 5.56 Å². The van der Waals surface area contributed by atoms with Crippen LogP contribution in [0.5, 0.6) is 0 Å². The Morgan fingerprint density at radius 1 is 1.57 bits per heavy atom.